The lowest BCUT2D eigenvalue weighted by atomic mass is 9.98. The highest BCUT2D eigenvalue weighted by molar-refractivity contribution is 7.63. The number of hydrogen-bond acceptors (Lipinski definition) is 10. The number of ether oxygens (including phenoxy) is 4. The zero-order chi connectivity index (χ0) is 37.8. The van der Waals surface area contributed by atoms with Crippen molar-refractivity contribution in [2.45, 2.75) is 78.7 Å². The fourth-order valence-electron chi connectivity index (χ4n) is 5.23. The molecule has 2 fully saturated rings. The number of likely N-dealkylation sites (tertiary alicyclic amines) is 2. The lowest BCUT2D eigenvalue weighted by Crippen LogP contribution is -2.45. The number of Topliss-reactive ketones (excluding diaryl/α,β-unsaturated/α-hetero) is 1. The molecule has 2 unspecified atom stereocenters. The van der Waals surface area contributed by atoms with Gasteiger partial charge in [-0.1, -0.05) is 66.2 Å². The molecule has 0 saturated carbocycles. The van der Waals surface area contributed by atoms with E-state index in [1.54, 1.807) is 43.1 Å². The van der Waals surface area contributed by atoms with Crippen LogP contribution in [0.25, 0.3) is 0 Å². The highest BCUT2D eigenvalue weighted by Gasteiger charge is 2.29. The van der Waals surface area contributed by atoms with Gasteiger partial charge in [0.15, 0.2) is 0 Å². The van der Waals surface area contributed by atoms with E-state index in [0.717, 1.165) is 16.7 Å². The summed E-state index contributed by atoms with van der Waals surface area (Å²) < 4.78 is 31.1. The van der Waals surface area contributed by atoms with Crippen LogP contribution in [0.5, 0.6) is 0 Å². The third kappa shape index (κ3) is 17.4. The van der Waals surface area contributed by atoms with Gasteiger partial charge in [-0.25, -0.2) is 14.4 Å². The summed E-state index contributed by atoms with van der Waals surface area (Å²) in [6.45, 7) is 12.8. The molecule has 13 heteroatoms. The van der Waals surface area contributed by atoms with E-state index in [4.69, 9.17) is 14.2 Å². The van der Waals surface area contributed by atoms with Crippen LogP contribution in [-0.2, 0) is 51.1 Å². The summed E-state index contributed by atoms with van der Waals surface area (Å²) in [6.07, 6.45) is 3.16. The van der Waals surface area contributed by atoms with Crippen molar-refractivity contribution in [3.05, 3.63) is 83.4 Å². The zero-order valence-corrected chi connectivity index (χ0v) is 31.6. The quantitative estimate of drug-likeness (QED) is 0.116. The van der Waals surface area contributed by atoms with E-state index < -0.39 is 7.14 Å². The van der Waals surface area contributed by atoms with E-state index in [1.165, 1.54) is 0 Å². The number of ketones is 1. The molecular formula is C38H53N2O10P. The molecule has 2 aromatic rings. The van der Waals surface area contributed by atoms with E-state index in [1.807, 2.05) is 74.5 Å². The van der Waals surface area contributed by atoms with Crippen molar-refractivity contribution < 1.29 is 47.5 Å². The van der Waals surface area contributed by atoms with Gasteiger partial charge in [-0.15, -0.1) is 0 Å². The molecule has 2 aliphatic heterocycles. The summed E-state index contributed by atoms with van der Waals surface area (Å²) in [5.41, 5.74) is 2.95. The molecule has 0 N–H and O–H groups in total. The first-order chi connectivity index (χ1) is 24.2. The molecule has 2 atom stereocenters. The Morgan fingerprint density at radius 3 is 1.63 bits per heavy atom. The SMILES string of the molecule is CC1CC(=O)CCN1C(=O)OCc1ccccc1.CCOC(=O)/C=C1\CCN(C(=O)OCc2ccccc2)C(C)C1.CCOC(=O)CP(C)(C)=O. The predicted molar refractivity (Wildman–Crippen MR) is 195 cm³/mol. The van der Waals surface area contributed by atoms with Crippen LogP contribution in [0.15, 0.2) is 72.3 Å². The van der Waals surface area contributed by atoms with Gasteiger partial charge in [-0.05, 0) is 65.0 Å². The summed E-state index contributed by atoms with van der Waals surface area (Å²) in [5, 5.41) is 0. The largest absolute Gasteiger partial charge is 0.466 e. The first-order valence-electron chi connectivity index (χ1n) is 17.2. The molecule has 2 heterocycles. The van der Waals surface area contributed by atoms with Crippen LogP contribution in [0.1, 0.15) is 64.5 Å². The number of amides is 2. The van der Waals surface area contributed by atoms with E-state index in [-0.39, 0.29) is 61.4 Å². The zero-order valence-electron chi connectivity index (χ0n) is 30.7. The normalized spacial score (nSPS) is 17.9. The summed E-state index contributed by atoms with van der Waals surface area (Å²) in [7, 11) is -2.23. The molecule has 0 bridgehead atoms. The van der Waals surface area contributed by atoms with Crippen molar-refractivity contribution in [1.82, 2.24) is 9.80 Å². The minimum atomic E-state index is -2.23. The molecule has 2 amide bonds. The average Bonchev–Trinajstić information content (AvgIpc) is 3.07. The molecule has 12 nitrogen and oxygen atoms in total. The lowest BCUT2D eigenvalue weighted by Gasteiger charge is -2.33. The van der Waals surface area contributed by atoms with Crippen LogP contribution in [-0.4, -0.2) is 97.6 Å². The molecule has 2 aromatic carbocycles. The number of piperidine rings is 2. The lowest BCUT2D eigenvalue weighted by molar-refractivity contribution is -0.140. The minimum absolute atomic E-state index is 0.00713. The molecule has 280 valence electrons. The van der Waals surface area contributed by atoms with Gasteiger partial charge in [0.05, 0.1) is 26.5 Å². The fourth-order valence-corrected chi connectivity index (χ4v) is 5.94. The monoisotopic (exact) mass is 728 g/mol. The molecule has 2 saturated heterocycles. The summed E-state index contributed by atoms with van der Waals surface area (Å²) >= 11 is 0. The molecule has 0 spiro atoms. The number of carbonyl (C=O) groups is 5. The van der Waals surface area contributed by atoms with Gasteiger partial charge in [-0.3, -0.25) is 9.59 Å². The standard InChI is InChI=1S/C18H23NO4.C14H17NO3.C6H13O3P/c1-3-22-17(20)12-16-9-10-19(14(2)11-16)18(21)23-13-15-7-5-4-6-8-15;1-11-9-13(16)7-8-15(11)14(17)18-10-12-5-3-2-4-6-12;1-4-9-6(7)5-10(2,3)8/h4-8,12,14H,3,9-11,13H2,1-2H3;2-6,11H,7-10H2,1H3;4-5H2,1-3H3/b16-12+;;. The van der Waals surface area contributed by atoms with Crippen molar-refractivity contribution in [1.29, 1.82) is 0 Å². The van der Waals surface area contributed by atoms with Gasteiger partial charge in [0.25, 0.3) is 0 Å². The van der Waals surface area contributed by atoms with Gasteiger partial charge in [0, 0.05) is 44.1 Å². The predicted octanol–water partition coefficient (Wildman–Crippen LogP) is 6.85. The molecule has 0 aliphatic carbocycles. The topological polar surface area (TPSA) is 146 Å². The van der Waals surface area contributed by atoms with Crippen molar-refractivity contribution >= 4 is 37.1 Å². The molecule has 0 aromatic heterocycles. The second kappa shape index (κ2) is 22.4. The number of benzene rings is 2. The van der Waals surface area contributed by atoms with E-state index in [0.29, 0.717) is 52.0 Å². The third-order valence-corrected chi connectivity index (χ3v) is 8.77. The fraction of sp³-hybridized carbons (Fsp3) is 0.500. The maximum Gasteiger partial charge on any atom is 0.410 e. The second-order valence-electron chi connectivity index (χ2n) is 12.7. The molecule has 0 radical (unpaired) electrons. The van der Waals surface area contributed by atoms with Gasteiger partial charge in [0.1, 0.15) is 19.0 Å². The number of rotatable bonds is 9. The number of hydrogen-bond donors (Lipinski definition) is 0. The Morgan fingerprint density at radius 2 is 1.20 bits per heavy atom. The summed E-state index contributed by atoms with van der Waals surface area (Å²) in [4.78, 5) is 60.8. The Balaban J connectivity index is 0.000000286. The highest BCUT2D eigenvalue weighted by Crippen LogP contribution is 2.35. The highest BCUT2D eigenvalue weighted by atomic mass is 31.2. The van der Waals surface area contributed by atoms with Crippen LogP contribution in [0.3, 0.4) is 0 Å². The van der Waals surface area contributed by atoms with Crippen LogP contribution < -0.4 is 0 Å². The maximum absolute atomic E-state index is 12.2. The Morgan fingerprint density at radius 1 is 0.725 bits per heavy atom. The molecule has 2 aliphatic rings. The second-order valence-corrected chi connectivity index (χ2v) is 16.2. The van der Waals surface area contributed by atoms with Crippen molar-refractivity contribution in [2.24, 2.45) is 0 Å². The van der Waals surface area contributed by atoms with E-state index in [2.05, 4.69) is 4.74 Å². The van der Waals surface area contributed by atoms with Crippen LogP contribution >= 0.6 is 7.14 Å². The van der Waals surface area contributed by atoms with Crippen LogP contribution in [0.2, 0.25) is 0 Å². The van der Waals surface area contributed by atoms with Gasteiger partial charge >= 0.3 is 24.1 Å². The van der Waals surface area contributed by atoms with Crippen LogP contribution in [0.4, 0.5) is 9.59 Å². The summed E-state index contributed by atoms with van der Waals surface area (Å²) in [5.74, 6) is -0.458. The van der Waals surface area contributed by atoms with Gasteiger partial charge < -0.3 is 33.3 Å². The molecular weight excluding hydrogens is 675 g/mol. The van der Waals surface area contributed by atoms with E-state index in [9.17, 15) is 28.5 Å². The van der Waals surface area contributed by atoms with Gasteiger partial charge in [0.2, 0.25) is 0 Å². The Bertz CT molecular complexity index is 1490. The average molecular weight is 729 g/mol. The Labute approximate surface area is 301 Å². The summed E-state index contributed by atoms with van der Waals surface area (Å²) in [6, 6.07) is 19.1. The van der Waals surface area contributed by atoms with Crippen molar-refractivity contribution in [3.8, 4) is 0 Å². The maximum atomic E-state index is 12.2. The Hall–Kier alpha value is -4.44. The van der Waals surface area contributed by atoms with Crippen molar-refractivity contribution in [2.75, 3.05) is 45.8 Å². The van der Waals surface area contributed by atoms with Gasteiger partial charge in [-0.2, -0.15) is 0 Å². The number of carbonyl (C=O) groups excluding carboxylic acids is 5. The van der Waals surface area contributed by atoms with Crippen molar-refractivity contribution in [3.63, 3.8) is 0 Å². The molecule has 51 heavy (non-hydrogen) atoms. The molecule has 4 rings (SSSR count). The third-order valence-electron chi connectivity index (χ3n) is 7.75. The van der Waals surface area contributed by atoms with E-state index >= 15 is 0 Å². The minimum Gasteiger partial charge on any atom is -0.466 e. The number of esters is 2. The van der Waals surface area contributed by atoms with Crippen LogP contribution in [0, 0.1) is 0 Å². The Kier molecular flexibility index (Phi) is 18.8. The number of nitrogens with zero attached hydrogens (tertiary/aromatic N) is 2. The first kappa shape index (κ1) is 42.7. The first-order valence-corrected chi connectivity index (χ1v) is 20.0. The smallest absolute Gasteiger partial charge is 0.410 e.